The fourth-order valence-corrected chi connectivity index (χ4v) is 5.00. The van der Waals surface area contributed by atoms with Gasteiger partial charge in [0, 0.05) is 25.3 Å². The monoisotopic (exact) mass is 516 g/mol. The molecule has 2 heterocycles. The molecule has 0 amide bonds. The summed E-state index contributed by atoms with van der Waals surface area (Å²) >= 11 is 6.29. The number of hydroxylamine groups is 3. The van der Waals surface area contributed by atoms with Crippen molar-refractivity contribution in [3.63, 3.8) is 0 Å². The van der Waals surface area contributed by atoms with Gasteiger partial charge < -0.3 is 20.5 Å². The fourth-order valence-electron chi connectivity index (χ4n) is 3.81. The van der Waals surface area contributed by atoms with E-state index >= 15 is 0 Å². The maximum Gasteiger partial charge on any atom is 0.229 e. The van der Waals surface area contributed by atoms with Crippen molar-refractivity contribution in [2.45, 2.75) is 18.4 Å². The Kier molecular flexibility index (Phi) is 7.58. The lowest BCUT2D eigenvalue weighted by atomic mass is 10.2. The smallest absolute Gasteiger partial charge is 0.229 e. The van der Waals surface area contributed by atoms with Crippen molar-refractivity contribution < 1.29 is 13.1 Å². The molecule has 0 aliphatic carbocycles. The minimum absolute atomic E-state index is 0.0129. The summed E-state index contributed by atoms with van der Waals surface area (Å²) < 4.78 is 24.7. The summed E-state index contributed by atoms with van der Waals surface area (Å²) in [6, 6.07) is 14.6. The Balaban J connectivity index is 1.45. The molecule has 35 heavy (non-hydrogen) atoms. The molecule has 2 N–H and O–H groups in total. The maximum absolute atomic E-state index is 12.5. The molecule has 1 aliphatic heterocycles. The van der Waals surface area contributed by atoms with Crippen LogP contribution in [-0.4, -0.2) is 66.9 Å². The lowest BCUT2D eigenvalue weighted by Crippen LogP contribution is -2.53. The van der Waals surface area contributed by atoms with E-state index in [4.69, 9.17) is 11.6 Å². The van der Waals surface area contributed by atoms with Crippen LogP contribution in [0.1, 0.15) is 12.5 Å². The van der Waals surface area contributed by atoms with Crippen molar-refractivity contribution in [3.8, 4) is 0 Å². The summed E-state index contributed by atoms with van der Waals surface area (Å²) in [5.74, 6) is 0.610. The van der Waals surface area contributed by atoms with E-state index in [1.807, 2.05) is 24.3 Å². The number of rotatable bonds is 8. The normalized spacial score (nSPS) is 16.1. The van der Waals surface area contributed by atoms with Gasteiger partial charge in [0.25, 0.3) is 0 Å². The average molecular weight is 517 g/mol. The van der Waals surface area contributed by atoms with E-state index in [-0.39, 0.29) is 20.3 Å². The van der Waals surface area contributed by atoms with E-state index in [1.165, 1.54) is 6.20 Å². The summed E-state index contributed by atoms with van der Waals surface area (Å²) in [6.07, 6.45) is 1.46. The van der Waals surface area contributed by atoms with Gasteiger partial charge in [-0.15, -0.1) is 0 Å². The lowest BCUT2D eigenvalue weighted by Gasteiger charge is -2.45. The van der Waals surface area contributed by atoms with E-state index < -0.39 is 9.84 Å². The number of likely N-dealkylation sites (N-methyl/N-ethyl adjacent to an activating group) is 1. The van der Waals surface area contributed by atoms with Gasteiger partial charge in [-0.05, 0) is 29.8 Å². The molecule has 186 valence electrons. The second kappa shape index (κ2) is 10.5. The fraction of sp³-hybridized carbons (Fsp3) is 0.333. The Bertz CT molecular complexity index is 1270. The first kappa shape index (κ1) is 25.3. The zero-order chi connectivity index (χ0) is 25.1. The van der Waals surface area contributed by atoms with Crippen LogP contribution in [-0.2, 0) is 16.4 Å². The van der Waals surface area contributed by atoms with Gasteiger partial charge in [-0.25, -0.2) is 13.4 Å². The van der Waals surface area contributed by atoms with Crippen molar-refractivity contribution in [3.05, 3.63) is 70.5 Å². The molecular formula is C24H29ClN6O3S. The zero-order valence-electron chi connectivity index (χ0n) is 19.7. The molecule has 3 aromatic rings. The number of anilines is 4. The molecule has 1 aromatic heterocycles. The Hall–Kier alpha value is -2.76. The molecule has 4 rings (SSSR count). The number of quaternary nitrogens is 1. The Morgan fingerprint density at radius 2 is 1.77 bits per heavy atom. The number of sulfone groups is 1. The molecule has 0 atom stereocenters. The molecule has 9 nitrogen and oxygen atoms in total. The van der Waals surface area contributed by atoms with Gasteiger partial charge in [0.05, 0.1) is 42.7 Å². The topological polar surface area (TPSA) is 110 Å². The Morgan fingerprint density at radius 3 is 2.46 bits per heavy atom. The predicted octanol–water partition coefficient (Wildman–Crippen LogP) is 4.17. The number of nitrogens with zero attached hydrogens (tertiary/aromatic N) is 4. The third kappa shape index (κ3) is 6.47. The van der Waals surface area contributed by atoms with Crippen LogP contribution in [0.5, 0.6) is 0 Å². The van der Waals surface area contributed by atoms with Crippen LogP contribution in [0, 0.1) is 5.21 Å². The van der Waals surface area contributed by atoms with Crippen molar-refractivity contribution in [2.24, 2.45) is 0 Å². The number of aromatic nitrogens is 2. The highest BCUT2D eigenvalue weighted by atomic mass is 35.5. The summed E-state index contributed by atoms with van der Waals surface area (Å²) in [5, 5.41) is 18.5. The van der Waals surface area contributed by atoms with Gasteiger partial charge in [0.1, 0.15) is 5.02 Å². The number of halogens is 1. The van der Waals surface area contributed by atoms with Gasteiger partial charge in [0.2, 0.25) is 5.95 Å². The second-order valence-corrected chi connectivity index (χ2v) is 11.4. The first-order chi connectivity index (χ1) is 16.6. The molecule has 0 unspecified atom stereocenters. The van der Waals surface area contributed by atoms with Crippen molar-refractivity contribution >= 4 is 44.6 Å². The summed E-state index contributed by atoms with van der Waals surface area (Å²) in [6.45, 7) is 5.20. The number of hydrogen-bond acceptors (Lipinski definition) is 8. The van der Waals surface area contributed by atoms with Crippen molar-refractivity contribution in [2.75, 3.05) is 49.6 Å². The van der Waals surface area contributed by atoms with E-state index in [2.05, 4.69) is 25.5 Å². The molecule has 0 radical (unpaired) electrons. The van der Waals surface area contributed by atoms with Crippen LogP contribution in [0.25, 0.3) is 0 Å². The number of hydrogen-bond donors (Lipinski definition) is 2. The first-order valence-corrected chi connectivity index (χ1v) is 13.4. The summed E-state index contributed by atoms with van der Waals surface area (Å²) in [5.41, 5.74) is 2.36. The van der Waals surface area contributed by atoms with Crippen LogP contribution in [0.4, 0.5) is 23.1 Å². The number of nitrogens with one attached hydrogen (secondary N) is 2. The predicted molar refractivity (Wildman–Crippen MR) is 139 cm³/mol. The van der Waals surface area contributed by atoms with E-state index in [9.17, 15) is 13.6 Å². The van der Waals surface area contributed by atoms with Crippen molar-refractivity contribution in [1.82, 2.24) is 14.9 Å². The number of piperazine rings is 1. The SMILES string of the molecule is CCS(=O)(=O)c1ccccc1Nc1nc(Nc2ccc(CN3CC[N+](C)([O-])CC3)cc2)ncc1Cl. The second-order valence-electron chi connectivity index (χ2n) is 8.76. The Labute approximate surface area is 210 Å². The molecule has 11 heteroatoms. The summed E-state index contributed by atoms with van der Waals surface area (Å²) in [7, 11) is -1.70. The highest BCUT2D eigenvalue weighted by Crippen LogP contribution is 2.29. The minimum Gasteiger partial charge on any atom is -0.633 e. The number of para-hydroxylation sites is 1. The molecule has 1 aliphatic rings. The zero-order valence-corrected chi connectivity index (χ0v) is 21.3. The van der Waals surface area contributed by atoms with Crippen LogP contribution >= 0.6 is 11.6 Å². The minimum atomic E-state index is -3.43. The van der Waals surface area contributed by atoms with E-state index in [0.29, 0.717) is 30.5 Å². The van der Waals surface area contributed by atoms with Crippen LogP contribution in [0.3, 0.4) is 0 Å². The highest BCUT2D eigenvalue weighted by molar-refractivity contribution is 7.91. The van der Waals surface area contributed by atoms with Gasteiger partial charge in [-0.1, -0.05) is 42.8 Å². The molecule has 0 saturated carbocycles. The van der Waals surface area contributed by atoms with Crippen LogP contribution in [0.15, 0.2) is 59.6 Å². The van der Waals surface area contributed by atoms with Gasteiger partial charge in [0.15, 0.2) is 15.7 Å². The summed E-state index contributed by atoms with van der Waals surface area (Å²) in [4.78, 5) is 11.2. The molecular weight excluding hydrogens is 488 g/mol. The van der Waals surface area contributed by atoms with Crippen LogP contribution < -0.4 is 10.6 Å². The molecule has 0 spiro atoms. The third-order valence-corrected chi connectivity index (χ3v) is 8.06. The maximum atomic E-state index is 12.5. The third-order valence-electron chi connectivity index (χ3n) is 5.99. The first-order valence-electron chi connectivity index (χ1n) is 11.4. The lowest BCUT2D eigenvalue weighted by molar-refractivity contribution is -0.865. The Morgan fingerprint density at radius 1 is 1.09 bits per heavy atom. The number of benzene rings is 2. The largest absolute Gasteiger partial charge is 0.633 e. The highest BCUT2D eigenvalue weighted by Gasteiger charge is 2.21. The quantitative estimate of drug-likeness (QED) is 0.339. The van der Waals surface area contributed by atoms with Gasteiger partial charge >= 0.3 is 0 Å². The molecule has 1 saturated heterocycles. The van der Waals surface area contributed by atoms with Crippen LogP contribution in [0.2, 0.25) is 5.02 Å². The van der Waals surface area contributed by atoms with Crippen molar-refractivity contribution in [1.29, 1.82) is 0 Å². The molecule has 0 bridgehead atoms. The molecule has 2 aromatic carbocycles. The standard InChI is InChI=1S/C24H29ClN6O3S/c1-3-35(33,34)22-7-5-4-6-21(22)28-23-20(25)16-26-24(29-23)27-19-10-8-18(9-11-19)17-30-12-14-31(2,32)15-13-30/h4-11,16H,3,12-15,17H2,1-2H3,(H2,26,27,28,29). The van der Waals surface area contributed by atoms with Gasteiger partial charge in [-0.3, -0.25) is 4.90 Å². The average Bonchev–Trinajstić information content (AvgIpc) is 2.84. The molecule has 1 fully saturated rings. The van der Waals surface area contributed by atoms with E-state index in [0.717, 1.165) is 30.9 Å². The van der Waals surface area contributed by atoms with Gasteiger partial charge in [-0.2, -0.15) is 4.98 Å². The van der Waals surface area contributed by atoms with E-state index in [1.54, 1.807) is 38.2 Å².